The molecule has 0 unspecified atom stereocenters. The van der Waals surface area contributed by atoms with Gasteiger partial charge in [-0.25, -0.2) is 4.79 Å². The third kappa shape index (κ3) is 5.24. The summed E-state index contributed by atoms with van der Waals surface area (Å²) in [5, 5.41) is 11.6. The average molecular weight is 343 g/mol. The molecule has 0 fully saturated rings. The summed E-state index contributed by atoms with van der Waals surface area (Å²) in [6, 6.07) is 12.5. The molecular formula is C19H21NO5. The van der Waals surface area contributed by atoms with Crippen molar-refractivity contribution in [2.24, 2.45) is 0 Å². The molecule has 0 aliphatic carbocycles. The second kappa shape index (κ2) is 8.73. The van der Waals surface area contributed by atoms with Crippen molar-refractivity contribution >= 4 is 11.9 Å². The number of nitrogens with one attached hydrogen (secondary N) is 1. The molecule has 0 saturated heterocycles. The van der Waals surface area contributed by atoms with Crippen LogP contribution in [0.15, 0.2) is 42.5 Å². The van der Waals surface area contributed by atoms with Crippen LogP contribution in [0.2, 0.25) is 0 Å². The average Bonchev–Trinajstić information content (AvgIpc) is 2.64. The first-order valence-electron chi connectivity index (χ1n) is 7.92. The topological polar surface area (TPSA) is 84.9 Å². The second-order valence-electron chi connectivity index (χ2n) is 5.40. The molecule has 0 heterocycles. The van der Waals surface area contributed by atoms with Crippen LogP contribution in [0, 0.1) is 0 Å². The van der Waals surface area contributed by atoms with Crippen molar-refractivity contribution in [3.63, 3.8) is 0 Å². The minimum Gasteiger partial charge on any atom is -0.497 e. The smallest absolute Gasteiger partial charge is 0.341 e. The molecule has 132 valence electrons. The Kier molecular flexibility index (Phi) is 6.39. The molecule has 2 aromatic rings. The summed E-state index contributed by atoms with van der Waals surface area (Å²) >= 11 is 0. The Morgan fingerprint density at radius 2 is 1.76 bits per heavy atom. The van der Waals surface area contributed by atoms with E-state index in [1.165, 1.54) is 0 Å². The van der Waals surface area contributed by atoms with E-state index in [1.54, 1.807) is 19.2 Å². The fourth-order valence-corrected chi connectivity index (χ4v) is 2.25. The van der Waals surface area contributed by atoms with Gasteiger partial charge in [-0.3, -0.25) is 4.79 Å². The second-order valence-corrected chi connectivity index (χ2v) is 5.40. The van der Waals surface area contributed by atoms with Crippen LogP contribution in [-0.2, 0) is 17.8 Å². The molecule has 0 aliphatic rings. The zero-order valence-electron chi connectivity index (χ0n) is 14.2. The normalized spacial score (nSPS) is 10.2. The van der Waals surface area contributed by atoms with Crippen LogP contribution in [-0.4, -0.2) is 30.7 Å². The summed E-state index contributed by atoms with van der Waals surface area (Å²) < 4.78 is 10.4. The largest absolute Gasteiger partial charge is 0.497 e. The molecule has 0 bridgehead atoms. The first kappa shape index (κ1) is 18.3. The summed E-state index contributed by atoms with van der Waals surface area (Å²) in [6.45, 7) is 1.82. The number of carbonyl (C=O) groups excluding carboxylic acids is 1. The molecule has 0 radical (unpaired) electrons. The number of ether oxygens (including phenoxy) is 2. The SMILES string of the molecule is CCc1ccc(C(=O)NCc2ccc(OC)cc2)c(OCC(=O)O)c1. The highest BCUT2D eigenvalue weighted by atomic mass is 16.5. The maximum absolute atomic E-state index is 12.4. The van der Waals surface area contributed by atoms with Crippen LogP contribution in [0.25, 0.3) is 0 Å². The Hall–Kier alpha value is -3.02. The Labute approximate surface area is 146 Å². The highest BCUT2D eigenvalue weighted by molar-refractivity contribution is 5.97. The van der Waals surface area contributed by atoms with Crippen LogP contribution in [0.3, 0.4) is 0 Å². The molecule has 0 atom stereocenters. The van der Waals surface area contributed by atoms with E-state index < -0.39 is 12.6 Å². The number of carbonyl (C=O) groups is 2. The van der Waals surface area contributed by atoms with Crippen LogP contribution in [0.1, 0.15) is 28.4 Å². The number of rotatable bonds is 8. The number of carboxylic acid groups (broad SMARTS) is 1. The quantitative estimate of drug-likeness (QED) is 0.770. The van der Waals surface area contributed by atoms with Gasteiger partial charge in [-0.2, -0.15) is 0 Å². The van der Waals surface area contributed by atoms with Gasteiger partial charge in [0.15, 0.2) is 6.61 Å². The van der Waals surface area contributed by atoms with Crippen molar-refractivity contribution in [1.82, 2.24) is 5.32 Å². The Morgan fingerprint density at radius 3 is 2.36 bits per heavy atom. The molecule has 2 aromatic carbocycles. The van der Waals surface area contributed by atoms with Gasteiger partial charge < -0.3 is 19.9 Å². The van der Waals surface area contributed by atoms with Crippen LogP contribution in [0.5, 0.6) is 11.5 Å². The van der Waals surface area contributed by atoms with E-state index in [9.17, 15) is 9.59 Å². The van der Waals surface area contributed by atoms with Gasteiger partial charge in [0.05, 0.1) is 12.7 Å². The molecule has 6 nitrogen and oxygen atoms in total. The minimum absolute atomic E-state index is 0.272. The van der Waals surface area contributed by atoms with E-state index in [0.717, 1.165) is 23.3 Å². The lowest BCUT2D eigenvalue weighted by atomic mass is 10.1. The minimum atomic E-state index is -1.09. The summed E-state index contributed by atoms with van der Waals surface area (Å²) in [5.74, 6) is -0.395. The first-order valence-corrected chi connectivity index (χ1v) is 7.92. The Balaban J connectivity index is 2.09. The van der Waals surface area contributed by atoms with Gasteiger partial charge >= 0.3 is 5.97 Å². The molecule has 2 N–H and O–H groups in total. The maximum atomic E-state index is 12.4. The van der Waals surface area contributed by atoms with Gasteiger partial charge in [0, 0.05) is 6.54 Å². The van der Waals surface area contributed by atoms with Crippen LogP contribution < -0.4 is 14.8 Å². The zero-order chi connectivity index (χ0) is 18.2. The van der Waals surface area contributed by atoms with Gasteiger partial charge in [-0.05, 0) is 41.8 Å². The molecule has 0 aliphatic heterocycles. The number of methoxy groups -OCH3 is 1. The zero-order valence-corrected chi connectivity index (χ0v) is 14.2. The van der Waals surface area contributed by atoms with Crippen LogP contribution >= 0.6 is 0 Å². The van der Waals surface area contributed by atoms with E-state index >= 15 is 0 Å². The predicted octanol–water partition coefficient (Wildman–Crippen LogP) is 2.65. The van der Waals surface area contributed by atoms with Crippen molar-refractivity contribution < 1.29 is 24.2 Å². The van der Waals surface area contributed by atoms with E-state index in [0.29, 0.717) is 12.1 Å². The Bertz CT molecular complexity index is 740. The van der Waals surface area contributed by atoms with E-state index in [2.05, 4.69) is 5.32 Å². The predicted molar refractivity (Wildman–Crippen MR) is 93.1 cm³/mol. The van der Waals surface area contributed by atoms with Crippen LogP contribution in [0.4, 0.5) is 0 Å². The number of amides is 1. The summed E-state index contributed by atoms with van der Waals surface area (Å²) in [7, 11) is 1.59. The van der Waals surface area contributed by atoms with Crippen molar-refractivity contribution in [2.45, 2.75) is 19.9 Å². The Morgan fingerprint density at radius 1 is 1.08 bits per heavy atom. The van der Waals surface area contributed by atoms with Crippen molar-refractivity contribution in [3.05, 3.63) is 59.2 Å². The number of hydrogen-bond donors (Lipinski definition) is 2. The lowest BCUT2D eigenvalue weighted by Gasteiger charge is -2.12. The maximum Gasteiger partial charge on any atom is 0.341 e. The lowest BCUT2D eigenvalue weighted by Crippen LogP contribution is -2.24. The summed E-state index contributed by atoms with van der Waals surface area (Å²) in [6.07, 6.45) is 0.761. The fraction of sp³-hybridized carbons (Fsp3) is 0.263. The van der Waals surface area contributed by atoms with Crippen molar-refractivity contribution in [3.8, 4) is 11.5 Å². The third-order valence-electron chi connectivity index (χ3n) is 3.66. The fourth-order valence-electron chi connectivity index (χ4n) is 2.25. The summed E-state index contributed by atoms with van der Waals surface area (Å²) in [5.41, 5.74) is 2.20. The number of carboxylic acids is 1. The molecule has 25 heavy (non-hydrogen) atoms. The third-order valence-corrected chi connectivity index (χ3v) is 3.66. The van der Waals surface area contributed by atoms with Gasteiger partial charge in [-0.1, -0.05) is 25.1 Å². The molecule has 0 saturated carbocycles. The molecule has 2 rings (SSSR count). The van der Waals surface area contributed by atoms with Gasteiger partial charge in [0.1, 0.15) is 11.5 Å². The standard InChI is InChI=1S/C19H21NO5/c1-3-13-6-9-16(17(10-13)25-12-18(21)22)19(23)20-11-14-4-7-15(24-2)8-5-14/h4-10H,3,11-12H2,1-2H3,(H,20,23)(H,21,22). The molecule has 1 amide bonds. The van der Waals surface area contributed by atoms with Gasteiger partial charge in [0.25, 0.3) is 5.91 Å². The number of aryl methyl sites for hydroxylation is 1. The molecule has 0 aromatic heterocycles. The van der Waals surface area contributed by atoms with E-state index in [4.69, 9.17) is 14.6 Å². The van der Waals surface area contributed by atoms with Crippen molar-refractivity contribution in [2.75, 3.05) is 13.7 Å². The van der Waals surface area contributed by atoms with Crippen molar-refractivity contribution in [1.29, 1.82) is 0 Å². The van der Waals surface area contributed by atoms with E-state index in [-0.39, 0.29) is 11.7 Å². The molecular weight excluding hydrogens is 322 g/mol. The number of hydrogen-bond acceptors (Lipinski definition) is 4. The monoisotopic (exact) mass is 343 g/mol. The molecule has 6 heteroatoms. The summed E-state index contributed by atoms with van der Waals surface area (Å²) in [4.78, 5) is 23.2. The molecule has 0 spiro atoms. The van der Waals surface area contributed by atoms with Gasteiger partial charge in [-0.15, -0.1) is 0 Å². The first-order chi connectivity index (χ1) is 12.0. The number of aliphatic carboxylic acids is 1. The highest BCUT2D eigenvalue weighted by Crippen LogP contribution is 2.21. The highest BCUT2D eigenvalue weighted by Gasteiger charge is 2.14. The number of benzene rings is 2. The van der Waals surface area contributed by atoms with E-state index in [1.807, 2.05) is 37.3 Å². The lowest BCUT2D eigenvalue weighted by molar-refractivity contribution is -0.139. The van der Waals surface area contributed by atoms with Gasteiger partial charge in [0.2, 0.25) is 0 Å².